The van der Waals surface area contributed by atoms with Gasteiger partial charge in [-0.3, -0.25) is 0 Å². The first-order chi connectivity index (χ1) is 3.30. The summed E-state index contributed by atoms with van der Waals surface area (Å²) in [5.41, 5.74) is 0.861. The van der Waals surface area contributed by atoms with Crippen LogP contribution in [0.25, 0.3) is 0 Å². The molecule has 1 aliphatic heterocycles. The lowest BCUT2D eigenvalue weighted by Gasteiger charge is -2.25. The monoisotopic (exact) mass is 98.1 g/mol. The molecule has 0 saturated carbocycles. The lowest BCUT2D eigenvalue weighted by molar-refractivity contribution is 0.514. The van der Waals surface area contributed by atoms with Crippen LogP contribution in [0.5, 0.6) is 0 Å². The van der Waals surface area contributed by atoms with Gasteiger partial charge in [-0.25, -0.2) is 0 Å². The second-order valence-electron chi connectivity index (χ2n) is 1.74. The van der Waals surface area contributed by atoms with Crippen molar-refractivity contribution in [2.24, 2.45) is 0 Å². The first-order valence-corrected chi connectivity index (χ1v) is 2.42. The first-order valence-electron chi connectivity index (χ1n) is 2.42. The number of nitrogens with zero attached hydrogens (tertiary/aromatic N) is 1. The van der Waals surface area contributed by atoms with E-state index in [1.807, 2.05) is 13.0 Å². The summed E-state index contributed by atoms with van der Waals surface area (Å²) in [7, 11) is 0. The molecule has 2 nitrogen and oxygen atoms in total. The number of hydrogen-bond donors (Lipinski definition) is 0. The van der Waals surface area contributed by atoms with Gasteiger partial charge in [0.25, 0.3) is 0 Å². The molecule has 7 heavy (non-hydrogen) atoms. The Morgan fingerprint density at radius 1 is 1.86 bits per heavy atom. The summed E-state index contributed by atoms with van der Waals surface area (Å²) in [6.45, 7) is 2.49. The van der Waals surface area contributed by atoms with Crippen LogP contribution in [0.15, 0.2) is 11.8 Å². The van der Waals surface area contributed by atoms with E-state index >= 15 is 0 Å². The Morgan fingerprint density at radius 3 is 2.71 bits per heavy atom. The van der Waals surface area contributed by atoms with Crippen LogP contribution in [0.1, 0.15) is 13.3 Å². The van der Waals surface area contributed by atoms with E-state index in [1.54, 1.807) is 0 Å². The summed E-state index contributed by atoms with van der Waals surface area (Å²) < 4.78 is 0. The summed E-state index contributed by atoms with van der Waals surface area (Å²) >= 11 is 0. The number of rotatable bonds is 0. The van der Waals surface area contributed by atoms with Gasteiger partial charge in [-0.2, -0.15) is 0 Å². The van der Waals surface area contributed by atoms with Crippen LogP contribution in [0.3, 0.4) is 0 Å². The maximum atomic E-state index is 10.4. The Bertz CT molecular complexity index is 98.3. The van der Waals surface area contributed by atoms with Crippen LogP contribution in [0, 0.1) is 5.21 Å². The standard InChI is InChI=1S/C5H8NO/c1-5-3-2-4-6(5)7/h3H,2,4H2,1H3/q-1. The van der Waals surface area contributed by atoms with Crippen molar-refractivity contribution >= 4 is 0 Å². The molecule has 0 bridgehead atoms. The van der Waals surface area contributed by atoms with Crippen LogP contribution < -0.4 is 0 Å². The molecule has 0 atom stereocenters. The van der Waals surface area contributed by atoms with Crippen molar-refractivity contribution in [1.29, 1.82) is 0 Å². The van der Waals surface area contributed by atoms with E-state index in [-0.39, 0.29) is 0 Å². The highest BCUT2D eigenvalue weighted by Crippen LogP contribution is 2.10. The first kappa shape index (κ1) is 4.65. The fourth-order valence-electron chi connectivity index (χ4n) is 0.669. The van der Waals surface area contributed by atoms with Crippen LogP contribution in [0.2, 0.25) is 0 Å². The zero-order chi connectivity index (χ0) is 5.28. The van der Waals surface area contributed by atoms with Crippen molar-refractivity contribution < 1.29 is 0 Å². The number of hydroxylamine groups is 2. The van der Waals surface area contributed by atoms with Crippen molar-refractivity contribution in [3.8, 4) is 0 Å². The van der Waals surface area contributed by atoms with Gasteiger partial charge in [0.15, 0.2) is 0 Å². The van der Waals surface area contributed by atoms with E-state index in [9.17, 15) is 5.21 Å². The Hall–Kier alpha value is -0.500. The molecule has 2 heteroatoms. The van der Waals surface area contributed by atoms with Gasteiger partial charge in [0.2, 0.25) is 0 Å². The molecule has 1 rings (SSSR count). The van der Waals surface area contributed by atoms with Crippen molar-refractivity contribution in [3.05, 3.63) is 17.0 Å². The molecule has 0 radical (unpaired) electrons. The van der Waals surface area contributed by atoms with E-state index in [1.165, 1.54) is 0 Å². The van der Waals surface area contributed by atoms with Crippen molar-refractivity contribution in [2.75, 3.05) is 6.54 Å². The lowest BCUT2D eigenvalue weighted by Crippen LogP contribution is -2.07. The molecule has 0 aromatic carbocycles. The van der Waals surface area contributed by atoms with Gasteiger partial charge >= 0.3 is 0 Å². The van der Waals surface area contributed by atoms with Crippen molar-refractivity contribution in [2.45, 2.75) is 13.3 Å². The van der Waals surface area contributed by atoms with Gasteiger partial charge in [-0.15, -0.1) is 0 Å². The maximum Gasteiger partial charge on any atom is 0.00895 e. The van der Waals surface area contributed by atoms with E-state index < -0.39 is 0 Å². The zero-order valence-corrected chi connectivity index (χ0v) is 4.35. The molecule has 0 fully saturated rings. The Labute approximate surface area is 43.0 Å². The number of hydrogen-bond acceptors (Lipinski definition) is 2. The van der Waals surface area contributed by atoms with Crippen molar-refractivity contribution in [3.63, 3.8) is 0 Å². The molecule has 1 aliphatic rings. The largest absolute Gasteiger partial charge is 0.759 e. The lowest BCUT2D eigenvalue weighted by atomic mass is 10.4. The highest BCUT2D eigenvalue weighted by Gasteiger charge is 1.97. The molecule has 0 unspecified atom stereocenters. The average Bonchev–Trinajstić information content (AvgIpc) is 1.91. The van der Waals surface area contributed by atoms with Gasteiger partial charge < -0.3 is 10.3 Å². The molecule has 0 aromatic rings. The minimum absolute atomic E-state index is 0.659. The van der Waals surface area contributed by atoms with Crippen LogP contribution in [0.4, 0.5) is 0 Å². The van der Waals surface area contributed by atoms with Gasteiger partial charge in [-0.05, 0) is 19.0 Å². The van der Waals surface area contributed by atoms with E-state index in [0.29, 0.717) is 6.54 Å². The van der Waals surface area contributed by atoms with Gasteiger partial charge in [0, 0.05) is 6.54 Å². The van der Waals surface area contributed by atoms with E-state index in [4.69, 9.17) is 0 Å². The van der Waals surface area contributed by atoms with Crippen molar-refractivity contribution in [1.82, 2.24) is 5.06 Å². The topological polar surface area (TPSA) is 26.3 Å². The summed E-state index contributed by atoms with van der Waals surface area (Å²) in [5, 5.41) is 11.4. The predicted molar refractivity (Wildman–Crippen MR) is 28.4 cm³/mol. The molecule has 1 heterocycles. The molecular weight excluding hydrogens is 90.1 g/mol. The predicted octanol–water partition coefficient (Wildman–Crippen LogP) is 1.09. The van der Waals surface area contributed by atoms with Gasteiger partial charge in [0.05, 0.1) is 0 Å². The summed E-state index contributed by atoms with van der Waals surface area (Å²) in [4.78, 5) is 0. The molecule has 0 spiro atoms. The van der Waals surface area contributed by atoms with E-state index in [2.05, 4.69) is 0 Å². The Kier molecular flexibility index (Phi) is 1.02. The third kappa shape index (κ3) is 0.747. The Balaban J connectivity index is 2.54. The third-order valence-corrected chi connectivity index (χ3v) is 1.17. The molecule has 0 N–H and O–H groups in total. The SMILES string of the molecule is CC1=CCCN1[O-]. The second kappa shape index (κ2) is 1.54. The molecular formula is C5H8NO-. The summed E-state index contributed by atoms with van der Waals surface area (Å²) in [5.74, 6) is 0. The minimum Gasteiger partial charge on any atom is -0.759 e. The smallest absolute Gasteiger partial charge is 0.00895 e. The second-order valence-corrected chi connectivity index (χ2v) is 1.74. The third-order valence-electron chi connectivity index (χ3n) is 1.17. The molecule has 0 aliphatic carbocycles. The normalized spacial score (nSPS) is 20.3. The summed E-state index contributed by atoms with van der Waals surface area (Å²) in [6.07, 6.45) is 2.88. The Morgan fingerprint density at radius 2 is 2.57 bits per heavy atom. The molecule has 40 valence electrons. The highest BCUT2D eigenvalue weighted by atomic mass is 16.5. The van der Waals surface area contributed by atoms with Gasteiger partial charge in [-0.1, -0.05) is 6.08 Å². The number of allylic oxidation sites excluding steroid dienone is 1. The molecule has 0 amide bonds. The fourth-order valence-corrected chi connectivity index (χ4v) is 0.669. The zero-order valence-electron chi connectivity index (χ0n) is 4.35. The van der Waals surface area contributed by atoms with Crippen LogP contribution >= 0.6 is 0 Å². The van der Waals surface area contributed by atoms with Crippen LogP contribution in [-0.2, 0) is 0 Å². The molecule has 0 aromatic heterocycles. The van der Waals surface area contributed by atoms with Crippen LogP contribution in [-0.4, -0.2) is 11.6 Å². The maximum absolute atomic E-state index is 10.4. The quantitative estimate of drug-likeness (QED) is 0.453. The summed E-state index contributed by atoms with van der Waals surface area (Å²) in [6, 6.07) is 0. The average molecular weight is 98.1 g/mol. The molecule has 0 saturated heterocycles. The highest BCUT2D eigenvalue weighted by molar-refractivity contribution is 5.04. The fraction of sp³-hybridized carbons (Fsp3) is 0.600. The van der Waals surface area contributed by atoms with E-state index in [0.717, 1.165) is 17.2 Å². The minimum atomic E-state index is 0.659. The van der Waals surface area contributed by atoms with Gasteiger partial charge in [0.1, 0.15) is 0 Å².